The molecule has 19 heavy (non-hydrogen) atoms. The molecule has 0 spiro atoms. The second kappa shape index (κ2) is 5.89. The molecule has 1 atom stereocenters. The minimum absolute atomic E-state index is 0.299. The molecule has 0 radical (unpaired) electrons. The lowest BCUT2D eigenvalue weighted by atomic mass is 10.1. The average molecular weight is 260 g/mol. The monoisotopic (exact) mass is 260 g/mol. The molecule has 0 aliphatic rings. The van der Waals surface area contributed by atoms with Gasteiger partial charge in [-0.25, -0.2) is 4.98 Å². The van der Waals surface area contributed by atoms with E-state index in [0.717, 1.165) is 35.3 Å². The molecule has 0 aliphatic heterocycles. The van der Waals surface area contributed by atoms with Crippen LogP contribution in [-0.4, -0.2) is 36.9 Å². The fourth-order valence-corrected chi connectivity index (χ4v) is 2.05. The minimum Gasteiger partial charge on any atom is -0.497 e. The molecule has 0 fully saturated rings. The molecule has 4 heteroatoms. The van der Waals surface area contributed by atoms with Gasteiger partial charge < -0.3 is 14.7 Å². The third kappa shape index (κ3) is 3.15. The zero-order valence-corrected chi connectivity index (χ0v) is 11.6. The van der Waals surface area contributed by atoms with Crippen molar-refractivity contribution in [3.8, 4) is 5.75 Å². The van der Waals surface area contributed by atoms with Crippen LogP contribution in [0.1, 0.15) is 13.3 Å². The van der Waals surface area contributed by atoms with Crippen LogP contribution < -0.4 is 9.64 Å². The third-order valence-electron chi connectivity index (χ3n) is 3.20. The fourth-order valence-electron chi connectivity index (χ4n) is 2.05. The molecule has 1 aromatic carbocycles. The summed E-state index contributed by atoms with van der Waals surface area (Å²) in [5.41, 5.74) is 0. The molecule has 0 bridgehead atoms. The first-order chi connectivity index (χ1) is 9.11. The highest BCUT2D eigenvalue weighted by Gasteiger charge is 2.09. The second-order valence-corrected chi connectivity index (χ2v) is 4.78. The Bertz CT molecular complexity index is 555. The van der Waals surface area contributed by atoms with Gasteiger partial charge in [0.1, 0.15) is 11.6 Å². The summed E-state index contributed by atoms with van der Waals surface area (Å²) >= 11 is 0. The lowest BCUT2D eigenvalue weighted by Gasteiger charge is -2.20. The first-order valence-corrected chi connectivity index (χ1v) is 6.44. The molecule has 0 saturated carbocycles. The average Bonchev–Trinajstić information content (AvgIpc) is 2.43. The van der Waals surface area contributed by atoms with E-state index in [0.29, 0.717) is 0 Å². The number of anilines is 1. The number of pyridine rings is 1. The quantitative estimate of drug-likeness (QED) is 0.897. The summed E-state index contributed by atoms with van der Waals surface area (Å²) < 4.78 is 5.27. The number of hydrogen-bond acceptors (Lipinski definition) is 4. The SMILES string of the molecule is COc1ccc2ccnc(N(C)CCC(C)O)c2c1. The van der Waals surface area contributed by atoms with Crippen LogP contribution in [-0.2, 0) is 0 Å². The number of aliphatic hydroxyl groups is 1. The van der Waals surface area contributed by atoms with Gasteiger partial charge in [0.25, 0.3) is 0 Å². The predicted octanol–water partition coefficient (Wildman–Crippen LogP) is 2.45. The first-order valence-electron chi connectivity index (χ1n) is 6.44. The van der Waals surface area contributed by atoms with E-state index in [1.807, 2.05) is 37.5 Å². The van der Waals surface area contributed by atoms with Gasteiger partial charge in [0.05, 0.1) is 13.2 Å². The Morgan fingerprint density at radius 3 is 2.84 bits per heavy atom. The van der Waals surface area contributed by atoms with E-state index in [1.165, 1.54) is 0 Å². The van der Waals surface area contributed by atoms with Gasteiger partial charge in [-0.3, -0.25) is 0 Å². The molecule has 1 N–H and O–H groups in total. The highest BCUT2D eigenvalue weighted by Crippen LogP contribution is 2.27. The van der Waals surface area contributed by atoms with Crippen molar-refractivity contribution >= 4 is 16.6 Å². The molecule has 1 unspecified atom stereocenters. The summed E-state index contributed by atoms with van der Waals surface area (Å²) in [4.78, 5) is 6.51. The molecule has 0 aliphatic carbocycles. The number of benzene rings is 1. The third-order valence-corrected chi connectivity index (χ3v) is 3.20. The maximum absolute atomic E-state index is 9.38. The topological polar surface area (TPSA) is 45.6 Å². The second-order valence-electron chi connectivity index (χ2n) is 4.78. The molecular formula is C15H20N2O2. The Kier molecular flexibility index (Phi) is 4.22. The molecule has 4 nitrogen and oxygen atoms in total. The maximum Gasteiger partial charge on any atom is 0.136 e. The molecule has 102 valence electrons. The number of aliphatic hydroxyl groups excluding tert-OH is 1. The van der Waals surface area contributed by atoms with Crippen LogP contribution in [0.3, 0.4) is 0 Å². The van der Waals surface area contributed by atoms with Gasteiger partial charge >= 0.3 is 0 Å². The van der Waals surface area contributed by atoms with Gasteiger partial charge in [0.15, 0.2) is 0 Å². The van der Waals surface area contributed by atoms with E-state index in [1.54, 1.807) is 14.0 Å². The van der Waals surface area contributed by atoms with Gasteiger partial charge in [0.2, 0.25) is 0 Å². The zero-order valence-electron chi connectivity index (χ0n) is 11.6. The summed E-state index contributed by atoms with van der Waals surface area (Å²) in [7, 11) is 3.65. The first kappa shape index (κ1) is 13.6. The number of nitrogens with zero attached hydrogens (tertiary/aromatic N) is 2. The largest absolute Gasteiger partial charge is 0.497 e. The lowest BCUT2D eigenvalue weighted by molar-refractivity contribution is 0.187. The van der Waals surface area contributed by atoms with Crippen molar-refractivity contribution in [3.63, 3.8) is 0 Å². The normalized spacial score (nSPS) is 12.4. The van der Waals surface area contributed by atoms with E-state index >= 15 is 0 Å². The lowest BCUT2D eigenvalue weighted by Crippen LogP contribution is -2.22. The Balaban J connectivity index is 2.35. The van der Waals surface area contributed by atoms with Crippen molar-refractivity contribution in [1.82, 2.24) is 4.98 Å². The molecule has 0 saturated heterocycles. The van der Waals surface area contributed by atoms with Gasteiger partial charge in [-0.2, -0.15) is 0 Å². The van der Waals surface area contributed by atoms with Gasteiger partial charge in [-0.05, 0) is 36.9 Å². The van der Waals surface area contributed by atoms with Crippen molar-refractivity contribution < 1.29 is 9.84 Å². The zero-order chi connectivity index (χ0) is 13.8. The summed E-state index contributed by atoms with van der Waals surface area (Å²) in [6, 6.07) is 7.96. The molecule has 2 aromatic rings. The molecule has 0 amide bonds. The number of fused-ring (bicyclic) bond motifs is 1. The number of aromatic nitrogens is 1. The van der Waals surface area contributed by atoms with Crippen molar-refractivity contribution in [3.05, 3.63) is 30.5 Å². The summed E-state index contributed by atoms with van der Waals surface area (Å²) in [6.07, 6.45) is 2.23. The smallest absolute Gasteiger partial charge is 0.136 e. The van der Waals surface area contributed by atoms with E-state index in [4.69, 9.17) is 4.74 Å². The van der Waals surface area contributed by atoms with E-state index in [-0.39, 0.29) is 6.10 Å². The maximum atomic E-state index is 9.38. The Morgan fingerprint density at radius 1 is 1.37 bits per heavy atom. The van der Waals surface area contributed by atoms with Crippen LogP contribution in [0.2, 0.25) is 0 Å². The number of rotatable bonds is 5. The molecule has 2 rings (SSSR count). The van der Waals surface area contributed by atoms with Crippen LogP contribution in [0.4, 0.5) is 5.82 Å². The number of methoxy groups -OCH3 is 1. The summed E-state index contributed by atoms with van der Waals surface area (Å²) in [5, 5.41) is 11.6. The Morgan fingerprint density at radius 2 is 2.16 bits per heavy atom. The van der Waals surface area contributed by atoms with Crippen molar-refractivity contribution in [2.75, 3.05) is 25.6 Å². The summed E-state index contributed by atoms with van der Waals surface area (Å²) in [6.45, 7) is 2.56. The van der Waals surface area contributed by atoms with Crippen LogP contribution in [0.5, 0.6) is 5.75 Å². The number of ether oxygens (including phenoxy) is 1. The fraction of sp³-hybridized carbons (Fsp3) is 0.400. The molecular weight excluding hydrogens is 240 g/mol. The van der Waals surface area contributed by atoms with Crippen molar-refractivity contribution in [1.29, 1.82) is 0 Å². The number of hydrogen-bond donors (Lipinski definition) is 1. The standard InChI is InChI=1S/C15H20N2O2/c1-11(18)7-9-17(2)15-14-10-13(19-3)5-4-12(14)6-8-16-15/h4-6,8,10-11,18H,7,9H2,1-3H3. The summed E-state index contributed by atoms with van der Waals surface area (Å²) in [5.74, 6) is 1.74. The van der Waals surface area contributed by atoms with Crippen molar-refractivity contribution in [2.24, 2.45) is 0 Å². The van der Waals surface area contributed by atoms with Gasteiger partial charge in [-0.15, -0.1) is 0 Å². The van der Waals surface area contributed by atoms with Crippen molar-refractivity contribution in [2.45, 2.75) is 19.4 Å². The van der Waals surface area contributed by atoms with Crippen LogP contribution >= 0.6 is 0 Å². The predicted molar refractivity (Wildman–Crippen MR) is 77.9 cm³/mol. The van der Waals surface area contributed by atoms with E-state index in [9.17, 15) is 5.11 Å². The highest BCUT2D eigenvalue weighted by molar-refractivity contribution is 5.93. The Labute approximate surface area is 113 Å². The molecule has 1 heterocycles. The van der Waals surface area contributed by atoms with E-state index in [2.05, 4.69) is 9.88 Å². The van der Waals surface area contributed by atoms with Crippen LogP contribution in [0.15, 0.2) is 30.5 Å². The van der Waals surface area contributed by atoms with Gasteiger partial charge in [0, 0.05) is 25.2 Å². The van der Waals surface area contributed by atoms with E-state index < -0.39 is 0 Å². The van der Waals surface area contributed by atoms with Crippen LogP contribution in [0, 0.1) is 0 Å². The Hall–Kier alpha value is -1.81. The molecule has 1 aromatic heterocycles. The van der Waals surface area contributed by atoms with Gasteiger partial charge in [-0.1, -0.05) is 6.07 Å². The highest BCUT2D eigenvalue weighted by atomic mass is 16.5. The minimum atomic E-state index is -0.299. The van der Waals surface area contributed by atoms with Crippen LogP contribution in [0.25, 0.3) is 10.8 Å².